The molecule has 4 rings (SSSR count). The van der Waals surface area contributed by atoms with Crippen LogP contribution in [-0.4, -0.2) is 33.6 Å². The van der Waals surface area contributed by atoms with Gasteiger partial charge in [0.25, 0.3) is 5.91 Å². The van der Waals surface area contributed by atoms with Crippen LogP contribution in [-0.2, 0) is 11.4 Å². The lowest BCUT2D eigenvalue weighted by Crippen LogP contribution is -2.31. The molecule has 8 nitrogen and oxygen atoms in total. The van der Waals surface area contributed by atoms with Crippen LogP contribution >= 0.6 is 23.4 Å². The molecule has 178 valence electrons. The van der Waals surface area contributed by atoms with Crippen LogP contribution in [0.2, 0.25) is 5.02 Å². The van der Waals surface area contributed by atoms with Crippen LogP contribution in [0.3, 0.4) is 0 Å². The second-order valence-electron chi connectivity index (χ2n) is 7.45. The van der Waals surface area contributed by atoms with Gasteiger partial charge in [-0.2, -0.15) is 0 Å². The Hall–Kier alpha value is -3.95. The van der Waals surface area contributed by atoms with Gasteiger partial charge >= 0.3 is 11.9 Å². The Kier molecular flexibility index (Phi) is 7.28. The van der Waals surface area contributed by atoms with Crippen molar-refractivity contribution in [2.75, 3.05) is 5.32 Å². The zero-order valence-corrected chi connectivity index (χ0v) is 19.6. The smallest absolute Gasteiger partial charge is 0.335 e. The van der Waals surface area contributed by atoms with Gasteiger partial charge in [-0.05, 0) is 36.4 Å². The Morgan fingerprint density at radius 2 is 1.69 bits per heavy atom. The van der Waals surface area contributed by atoms with Crippen molar-refractivity contribution in [2.24, 2.45) is 0 Å². The van der Waals surface area contributed by atoms with E-state index in [2.05, 4.69) is 10.6 Å². The summed E-state index contributed by atoms with van der Waals surface area (Å²) in [5.74, 6) is -2.27. The minimum absolute atomic E-state index is 0.179. The van der Waals surface area contributed by atoms with E-state index in [4.69, 9.17) is 16.3 Å². The molecule has 0 saturated carbocycles. The zero-order valence-electron chi connectivity index (χ0n) is 18.0. The number of carbonyl (C=O) groups is 3. The molecule has 1 fully saturated rings. The zero-order chi connectivity index (χ0) is 24.9. The van der Waals surface area contributed by atoms with Crippen LogP contribution in [0.4, 0.5) is 5.69 Å². The number of hydrogen-bond acceptors (Lipinski definition) is 6. The number of nitrogens with one attached hydrogen (secondary N) is 2. The Bertz CT molecular complexity index is 1310. The summed E-state index contributed by atoms with van der Waals surface area (Å²) in [4.78, 5) is 35.7. The molecule has 1 amide bonds. The van der Waals surface area contributed by atoms with Gasteiger partial charge in [-0.1, -0.05) is 59.8 Å². The van der Waals surface area contributed by atoms with E-state index in [1.165, 1.54) is 23.9 Å². The van der Waals surface area contributed by atoms with Crippen LogP contribution < -0.4 is 15.4 Å². The topological polar surface area (TPSA) is 125 Å². The first-order valence-electron chi connectivity index (χ1n) is 10.3. The summed E-state index contributed by atoms with van der Waals surface area (Å²) in [5, 5.41) is 24.8. The van der Waals surface area contributed by atoms with E-state index in [0.29, 0.717) is 21.2 Å². The molecule has 1 heterocycles. The molecule has 10 heteroatoms. The molecule has 1 unspecified atom stereocenters. The first kappa shape index (κ1) is 24.2. The number of ether oxygens (including phenoxy) is 1. The van der Waals surface area contributed by atoms with E-state index < -0.39 is 17.4 Å². The number of carboxylic acids is 2. The number of carbonyl (C=O) groups excluding carboxylic acids is 1. The fourth-order valence-electron chi connectivity index (χ4n) is 3.32. The van der Waals surface area contributed by atoms with Crippen LogP contribution in [0, 0.1) is 0 Å². The highest BCUT2D eigenvalue weighted by Gasteiger charge is 2.28. The monoisotopic (exact) mass is 510 g/mol. The summed E-state index contributed by atoms with van der Waals surface area (Å²) in [6.07, 6.45) is 1.69. The van der Waals surface area contributed by atoms with Gasteiger partial charge in [0.2, 0.25) is 0 Å². The number of hydrogen-bond donors (Lipinski definition) is 4. The van der Waals surface area contributed by atoms with Crippen molar-refractivity contribution in [3.8, 4) is 5.75 Å². The molecule has 3 aromatic rings. The predicted octanol–water partition coefficient (Wildman–Crippen LogP) is 4.92. The number of carboxylic acid groups (broad SMARTS) is 2. The average Bonchev–Trinajstić information content (AvgIpc) is 3.17. The van der Waals surface area contributed by atoms with Crippen molar-refractivity contribution < 1.29 is 29.3 Å². The van der Waals surface area contributed by atoms with Crippen molar-refractivity contribution in [3.63, 3.8) is 0 Å². The minimum atomic E-state index is -1.26. The number of rotatable bonds is 8. The minimum Gasteiger partial charge on any atom is -0.488 e. The van der Waals surface area contributed by atoms with Gasteiger partial charge in [-0.3, -0.25) is 4.79 Å². The summed E-state index contributed by atoms with van der Waals surface area (Å²) >= 11 is 7.38. The standard InChI is InChI=1S/C25H19ClN2O6S/c26-19-7-3-1-6-15(19)13-34-20-8-4-2-5-14(20)12-21-22(29)28-25(35-21)27-18-10-16(23(30)31)9-17(11-18)24(32)33/h1-12,25,27H,13H2,(H,28,29)(H,30,31)(H,32,33)/b21-12-. The second-order valence-corrected chi connectivity index (χ2v) is 9.01. The predicted molar refractivity (Wildman–Crippen MR) is 134 cm³/mol. The fraction of sp³-hybridized carbons (Fsp3) is 0.0800. The van der Waals surface area contributed by atoms with Crippen molar-refractivity contribution in [2.45, 2.75) is 12.1 Å². The summed E-state index contributed by atoms with van der Waals surface area (Å²) in [5.41, 5.74) is 0.793. The maximum Gasteiger partial charge on any atom is 0.335 e. The summed E-state index contributed by atoms with van der Waals surface area (Å²) in [6.45, 7) is 0.259. The molecule has 4 N–H and O–H groups in total. The highest BCUT2D eigenvalue weighted by molar-refractivity contribution is 8.05. The van der Waals surface area contributed by atoms with Gasteiger partial charge in [-0.15, -0.1) is 0 Å². The summed E-state index contributed by atoms with van der Waals surface area (Å²) < 4.78 is 5.95. The van der Waals surface area contributed by atoms with Crippen molar-refractivity contribution in [1.29, 1.82) is 0 Å². The van der Waals surface area contributed by atoms with E-state index in [-0.39, 0.29) is 29.3 Å². The molecule has 0 aromatic heterocycles. The number of halogens is 1. The molecule has 0 radical (unpaired) electrons. The highest BCUT2D eigenvalue weighted by atomic mass is 35.5. The number of benzene rings is 3. The highest BCUT2D eigenvalue weighted by Crippen LogP contribution is 2.33. The molecule has 35 heavy (non-hydrogen) atoms. The van der Waals surface area contributed by atoms with Gasteiger partial charge in [-0.25, -0.2) is 9.59 Å². The third kappa shape index (κ3) is 5.95. The van der Waals surface area contributed by atoms with Gasteiger partial charge in [0.05, 0.1) is 16.0 Å². The fourth-order valence-corrected chi connectivity index (χ4v) is 4.48. The molecule has 1 saturated heterocycles. The van der Waals surface area contributed by atoms with Crippen LogP contribution in [0.25, 0.3) is 6.08 Å². The number of thioether (sulfide) groups is 1. The Morgan fingerprint density at radius 3 is 2.37 bits per heavy atom. The van der Waals surface area contributed by atoms with E-state index in [0.717, 1.165) is 11.6 Å². The van der Waals surface area contributed by atoms with E-state index in [1.807, 2.05) is 36.4 Å². The van der Waals surface area contributed by atoms with Crippen molar-refractivity contribution in [3.05, 3.63) is 98.9 Å². The third-order valence-corrected chi connectivity index (χ3v) is 6.40. The van der Waals surface area contributed by atoms with E-state index in [1.54, 1.807) is 18.2 Å². The molecule has 1 aliphatic heterocycles. The molecule has 3 aromatic carbocycles. The lowest BCUT2D eigenvalue weighted by Gasteiger charge is -2.14. The van der Waals surface area contributed by atoms with E-state index >= 15 is 0 Å². The van der Waals surface area contributed by atoms with Gasteiger partial charge in [0.15, 0.2) is 5.50 Å². The van der Waals surface area contributed by atoms with Gasteiger partial charge in [0.1, 0.15) is 12.4 Å². The average molecular weight is 511 g/mol. The van der Waals surface area contributed by atoms with E-state index in [9.17, 15) is 24.6 Å². The summed E-state index contributed by atoms with van der Waals surface area (Å²) in [6, 6.07) is 18.3. The largest absolute Gasteiger partial charge is 0.488 e. The van der Waals surface area contributed by atoms with Gasteiger partial charge < -0.3 is 25.6 Å². The molecule has 0 bridgehead atoms. The normalized spacial score (nSPS) is 16.1. The number of para-hydroxylation sites is 1. The molecule has 1 atom stereocenters. The molecule has 1 aliphatic rings. The van der Waals surface area contributed by atoms with Crippen LogP contribution in [0.1, 0.15) is 31.8 Å². The van der Waals surface area contributed by atoms with Crippen LogP contribution in [0.5, 0.6) is 5.75 Å². The maximum absolute atomic E-state index is 12.6. The first-order chi connectivity index (χ1) is 16.8. The van der Waals surface area contributed by atoms with Crippen LogP contribution in [0.15, 0.2) is 71.6 Å². The first-order valence-corrected chi connectivity index (χ1v) is 11.6. The second kappa shape index (κ2) is 10.5. The van der Waals surface area contributed by atoms with Crippen molar-refractivity contribution in [1.82, 2.24) is 5.32 Å². The summed E-state index contributed by atoms with van der Waals surface area (Å²) in [7, 11) is 0. The third-order valence-electron chi connectivity index (χ3n) is 5.00. The van der Waals surface area contributed by atoms with Crippen molar-refractivity contribution >= 4 is 53.0 Å². The lowest BCUT2D eigenvalue weighted by molar-refractivity contribution is -0.116. The molecular weight excluding hydrogens is 492 g/mol. The Labute approximate surface area is 209 Å². The Balaban J connectivity index is 1.50. The lowest BCUT2D eigenvalue weighted by atomic mass is 10.1. The maximum atomic E-state index is 12.6. The SMILES string of the molecule is O=C1NC(Nc2cc(C(=O)O)cc(C(=O)O)c2)S/C1=C\c1ccccc1OCc1ccccc1Cl. The molecular formula is C25H19ClN2O6S. The number of amides is 1. The quantitative estimate of drug-likeness (QED) is 0.315. The number of anilines is 1. The van der Waals surface area contributed by atoms with Gasteiger partial charge in [0, 0.05) is 21.8 Å². The molecule has 0 spiro atoms. The molecule has 0 aliphatic carbocycles. The number of aromatic carboxylic acids is 2. The Morgan fingerprint density at radius 1 is 1.03 bits per heavy atom.